The van der Waals surface area contributed by atoms with Gasteiger partial charge in [0.15, 0.2) is 0 Å². The molecule has 0 aliphatic heterocycles. The van der Waals surface area contributed by atoms with Crippen molar-refractivity contribution in [1.29, 1.82) is 0 Å². The van der Waals surface area contributed by atoms with Gasteiger partial charge in [0.25, 0.3) is 0 Å². The molecule has 1 unspecified atom stereocenters. The molecule has 2 aromatic carbocycles. The van der Waals surface area contributed by atoms with E-state index in [4.69, 9.17) is 17.3 Å². The predicted octanol–water partition coefficient (Wildman–Crippen LogP) is 4.95. The van der Waals surface area contributed by atoms with Gasteiger partial charge >= 0.3 is 0 Å². The zero-order valence-electron chi connectivity index (χ0n) is 9.54. The molecular formula is C14H12BrClIN. The van der Waals surface area contributed by atoms with E-state index in [1.807, 2.05) is 30.3 Å². The Kier molecular flexibility index (Phi) is 5.06. The average Bonchev–Trinajstić information content (AvgIpc) is 2.32. The van der Waals surface area contributed by atoms with Gasteiger partial charge in [0, 0.05) is 19.1 Å². The van der Waals surface area contributed by atoms with Crippen LogP contribution >= 0.6 is 50.1 Å². The summed E-state index contributed by atoms with van der Waals surface area (Å²) in [7, 11) is 0. The summed E-state index contributed by atoms with van der Waals surface area (Å²) in [5, 5.41) is 0.751. The Hall–Kier alpha value is -0.100. The van der Waals surface area contributed by atoms with E-state index in [1.54, 1.807) is 0 Å². The molecule has 0 amide bonds. The van der Waals surface area contributed by atoms with Gasteiger partial charge in [-0.25, -0.2) is 0 Å². The van der Waals surface area contributed by atoms with Crippen molar-refractivity contribution in [2.24, 2.45) is 5.73 Å². The molecule has 0 spiro atoms. The fourth-order valence-electron chi connectivity index (χ4n) is 1.83. The van der Waals surface area contributed by atoms with Crippen LogP contribution in [0.2, 0.25) is 5.02 Å². The van der Waals surface area contributed by atoms with Crippen molar-refractivity contribution in [3.8, 4) is 0 Å². The first kappa shape index (κ1) is 14.3. The van der Waals surface area contributed by atoms with Gasteiger partial charge in [-0.05, 0) is 70.5 Å². The van der Waals surface area contributed by atoms with E-state index in [-0.39, 0.29) is 6.04 Å². The van der Waals surface area contributed by atoms with Gasteiger partial charge < -0.3 is 5.73 Å². The number of hydrogen-bond acceptors (Lipinski definition) is 1. The third-order valence-corrected chi connectivity index (χ3v) is 4.33. The smallest absolute Gasteiger partial charge is 0.0408 e. The van der Waals surface area contributed by atoms with Gasteiger partial charge in [0.05, 0.1) is 0 Å². The lowest BCUT2D eigenvalue weighted by Crippen LogP contribution is -2.14. The van der Waals surface area contributed by atoms with E-state index in [9.17, 15) is 0 Å². The number of nitrogens with two attached hydrogens (primary N) is 1. The molecule has 1 nitrogen and oxygen atoms in total. The highest BCUT2D eigenvalue weighted by molar-refractivity contribution is 14.1. The Balaban J connectivity index is 2.21. The fourth-order valence-corrected chi connectivity index (χ4v) is 3.10. The first-order chi connectivity index (χ1) is 8.56. The van der Waals surface area contributed by atoms with Gasteiger partial charge in [0.2, 0.25) is 0 Å². The Morgan fingerprint density at radius 2 is 2.00 bits per heavy atom. The first-order valence-electron chi connectivity index (χ1n) is 5.51. The second kappa shape index (κ2) is 6.37. The SMILES string of the molecule is NC(Cc1cccc(Cl)c1)c1cc(I)ccc1Br. The maximum Gasteiger partial charge on any atom is 0.0408 e. The highest BCUT2D eigenvalue weighted by atomic mass is 127. The summed E-state index contributed by atoms with van der Waals surface area (Å²) < 4.78 is 2.24. The number of hydrogen-bond donors (Lipinski definition) is 1. The minimum atomic E-state index is -0.0347. The summed E-state index contributed by atoms with van der Waals surface area (Å²) >= 11 is 11.8. The Morgan fingerprint density at radius 3 is 2.72 bits per heavy atom. The fraction of sp³-hybridized carbons (Fsp3) is 0.143. The topological polar surface area (TPSA) is 26.0 Å². The predicted molar refractivity (Wildman–Crippen MR) is 88.9 cm³/mol. The highest BCUT2D eigenvalue weighted by Crippen LogP contribution is 2.27. The third-order valence-electron chi connectivity index (χ3n) is 2.70. The molecule has 2 N–H and O–H groups in total. The molecule has 0 aromatic heterocycles. The largest absolute Gasteiger partial charge is 0.324 e. The monoisotopic (exact) mass is 435 g/mol. The molecule has 0 bridgehead atoms. The van der Waals surface area contributed by atoms with Crippen LogP contribution in [0.4, 0.5) is 0 Å². The third kappa shape index (κ3) is 3.70. The standard InChI is InChI=1S/C14H12BrClIN/c15-13-5-4-11(17)8-12(13)14(18)7-9-2-1-3-10(16)6-9/h1-6,8,14H,7,18H2. The van der Waals surface area contributed by atoms with E-state index in [0.29, 0.717) is 0 Å². The van der Waals surface area contributed by atoms with Crippen LogP contribution in [0.3, 0.4) is 0 Å². The summed E-state index contributed by atoms with van der Waals surface area (Å²) in [4.78, 5) is 0. The van der Waals surface area contributed by atoms with E-state index in [1.165, 1.54) is 3.57 Å². The van der Waals surface area contributed by atoms with E-state index in [0.717, 1.165) is 27.0 Å². The highest BCUT2D eigenvalue weighted by Gasteiger charge is 2.11. The van der Waals surface area contributed by atoms with Gasteiger partial charge in [-0.3, -0.25) is 0 Å². The molecule has 0 radical (unpaired) electrons. The first-order valence-corrected chi connectivity index (χ1v) is 7.76. The summed E-state index contributed by atoms with van der Waals surface area (Å²) in [6.45, 7) is 0. The number of rotatable bonds is 3. The van der Waals surface area contributed by atoms with Crippen LogP contribution in [0.5, 0.6) is 0 Å². The van der Waals surface area contributed by atoms with Crippen LogP contribution in [-0.2, 0) is 6.42 Å². The lowest BCUT2D eigenvalue weighted by Gasteiger charge is -2.14. The molecule has 1 atom stereocenters. The normalized spacial score (nSPS) is 12.4. The Bertz CT molecular complexity index is 559. The molecule has 18 heavy (non-hydrogen) atoms. The molecule has 0 aliphatic rings. The Labute approximate surface area is 134 Å². The maximum atomic E-state index is 6.27. The van der Waals surface area contributed by atoms with Crippen LogP contribution in [0.1, 0.15) is 17.2 Å². The van der Waals surface area contributed by atoms with Crippen molar-refractivity contribution >= 4 is 50.1 Å². The van der Waals surface area contributed by atoms with Crippen molar-refractivity contribution in [1.82, 2.24) is 0 Å². The zero-order valence-corrected chi connectivity index (χ0v) is 14.0. The van der Waals surface area contributed by atoms with E-state index in [2.05, 4.69) is 50.7 Å². The molecular weight excluding hydrogens is 424 g/mol. The maximum absolute atomic E-state index is 6.27. The zero-order chi connectivity index (χ0) is 13.1. The summed E-state index contributed by atoms with van der Waals surface area (Å²) in [6.07, 6.45) is 0.777. The molecule has 2 rings (SSSR count). The number of halogens is 3. The molecule has 94 valence electrons. The van der Waals surface area contributed by atoms with Gasteiger partial charge in [-0.2, -0.15) is 0 Å². The van der Waals surface area contributed by atoms with Crippen molar-refractivity contribution in [2.75, 3.05) is 0 Å². The molecule has 0 saturated heterocycles. The molecule has 0 saturated carbocycles. The summed E-state index contributed by atoms with van der Waals surface area (Å²) in [6, 6.07) is 14.0. The van der Waals surface area contributed by atoms with Crippen LogP contribution in [0.15, 0.2) is 46.9 Å². The minimum absolute atomic E-state index is 0.0347. The summed E-state index contributed by atoms with van der Waals surface area (Å²) in [5.74, 6) is 0. The average molecular weight is 437 g/mol. The van der Waals surface area contributed by atoms with Crippen molar-refractivity contribution < 1.29 is 0 Å². The second-order valence-corrected chi connectivity index (χ2v) is 6.64. The lowest BCUT2D eigenvalue weighted by atomic mass is 10.00. The second-order valence-electron chi connectivity index (χ2n) is 4.11. The van der Waals surface area contributed by atoms with Crippen LogP contribution < -0.4 is 5.73 Å². The minimum Gasteiger partial charge on any atom is -0.324 e. The van der Waals surface area contributed by atoms with E-state index >= 15 is 0 Å². The van der Waals surface area contributed by atoms with E-state index < -0.39 is 0 Å². The Morgan fingerprint density at radius 1 is 1.22 bits per heavy atom. The quantitative estimate of drug-likeness (QED) is 0.677. The molecule has 0 aliphatic carbocycles. The van der Waals surface area contributed by atoms with Crippen LogP contribution in [0, 0.1) is 3.57 Å². The van der Waals surface area contributed by atoms with Gasteiger partial charge in [0.1, 0.15) is 0 Å². The lowest BCUT2D eigenvalue weighted by molar-refractivity contribution is 0.718. The molecule has 0 heterocycles. The van der Waals surface area contributed by atoms with Gasteiger partial charge in [-0.15, -0.1) is 0 Å². The van der Waals surface area contributed by atoms with Crippen molar-refractivity contribution in [2.45, 2.75) is 12.5 Å². The summed E-state index contributed by atoms with van der Waals surface area (Å²) in [5.41, 5.74) is 8.55. The van der Waals surface area contributed by atoms with Crippen LogP contribution in [0.25, 0.3) is 0 Å². The molecule has 0 fully saturated rings. The van der Waals surface area contributed by atoms with Gasteiger partial charge in [-0.1, -0.05) is 39.7 Å². The van der Waals surface area contributed by atoms with Crippen LogP contribution in [-0.4, -0.2) is 0 Å². The van der Waals surface area contributed by atoms with Crippen molar-refractivity contribution in [3.63, 3.8) is 0 Å². The molecule has 2 aromatic rings. The molecule has 4 heteroatoms. The van der Waals surface area contributed by atoms with Crippen molar-refractivity contribution in [3.05, 3.63) is 66.7 Å². The number of benzene rings is 2.